The summed E-state index contributed by atoms with van der Waals surface area (Å²) in [5.41, 5.74) is 0.143. The summed E-state index contributed by atoms with van der Waals surface area (Å²) in [5, 5.41) is 13.4. The number of aliphatic hydroxyl groups excluding tert-OH is 1. The van der Waals surface area contributed by atoms with Crippen molar-refractivity contribution < 1.29 is 27.8 Å². The average molecular weight is 278 g/mol. The van der Waals surface area contributed by atoms with Gasteiger partial charge in [-0.1, -0.05) is 6.07 Å². The zero-order chi connectivity index (χ0) is 14.5. The number of hydrogen-bond acceptors (Lipinski definition) is 3. The van der Waals surface area contributed by atoms with E-state index in [4.69, 9.17) is 5.11 Å². The monoisotopic (exact) mass is 278 g/mol. The Hall–Kier alpha value is -1.96. The van der Waals surface area contributed by atoms with Crippen LogP contribution >= 0.6 is 0 Å². The topological polar surface area (TPSA) is 70.6 Å². The molecule has 1 aromatic carbocycles. The summed E-state index contributed by atoms with van der Waals surface area (Å²) in [6.45, 7) is 1.33. The Bertz CT molecular complexity index is 437. The van der Waals surface area contributed by atoms with Crippen molar-refractivity contribution >= 4 is 11.7 Å². The number of urea groups is 1. The normalized spacial score (nSPS) is 12.7. The number of amides is 2. The van der Waals surface area contributed by atoms with Crippen molar-refractivity contribution in [2.24, 2.45) is 0 Å². The van der Waals surface area contributed by atoms with Crippen LogP contribution in [0.2, 0.25) is 0 Å². The zero-order valence-electron chi connectivity index (χ0n) is 9.99. The van der Waals surface area contributed by atoms with Gasteiger partial charge < -0.3 is 20.5 Å². The molecule has 1 atom stereocenters. The molecule has 0 bridgehead atoms. The van der Waals surface area contributed by atoms with Crippen LogP contribution in [0.25, 0.3) is 0 Å². The first-order valence-corrected chi connectivity index (χ1v) is 5.34. The van der Waals surface area contributed by atoms with Crippen LogP contribution < -0.4 is 15.4 Å². The van der Waals surface area contributed by atoms with E-state index in [2.05, 4.69) is 15.4 Å². The molecule has 1 unspecified atom stereocenters. The maximum absolute atomic E-state index is 12.0. The van der Waals surface area contributed by atoms with E-state index in [9.17, 15) is 18.0 Å². The van der Waals surface area contributed by atoms with Crippen LogP contribution in [-0.4, -0.2) is 30.1 Å². The van der Waals surface area contributed by atoms with Gasteiger partial charge in [0.25, 0.3) is 0 Å². The van der Waals surface area contributed by atoms with Crippen molar-refractivity contribution in [3.63, 3.8) is 0 Å². The van der Waals surface area contributed by atoms with E-state index >= 15 is 0 Å². The highest BCUT2D eigenvalue weighted by atomic mass is 19.4. The fourth-order valence-corrected chi connectivity index (χ4v) is 1.21. The van der Waals surface area contributed by atoms with Gasteiger partial charge in [0.1, 0.15) is 5.75 Å². The molecule has 3 N–H and O–H groups in total. The lowest BCUT2D eigenvalue weighted by molar-refractivity contribution is -0.274. The number of benzene rings is 1. The van der Waals surface area contributed by atoms with Crippen LogP contribution in [0.15, 0.2) is 24.3 Å². The van der Waals surface area contributed by atoms with Crippen LogP contribution in [0.5, 0.6) is 5.75 Å². The molecule has 2 amide bonds. The predicted octanol–water partition coefficient (Wildman–Crippen LogP) is 2.09. The molecule has 8 heteroatoms. The summed E-state index contributed by atoms with van der Waals surface area (Å²) in [6.07, 6.45) is -4.79. The lowest BCUT2D eigenvalue weighted by Gasteiger charge is -2.13. The molecule has 0 saturated carbocycles. The Kier molecular flexibility index (Phi) is 4.99. The molecule has 1 rings (SSSR count). The minimum absolute atomic E-state index is 0.143. The first-order chi connectivity index (χ1) is 8.80. The third-order valence-corrected chi connectivity index (χ3v) is 1.98. The Morgan fingerprint density at radius 2 is 2.16 bits per heavy atom. The highest BCUT2D eigenvalue weighted by Gasteiger charge is 2.31. The lowest BCUT2D eigenvalue weighted by atomic mass is 10.3. The summed E-state index contributed by atoms with van der Waals surface area (Å²) >= 11 is 0. The van der Waals surface area contributed by atoms with Gasteiger partial charge in [-0.3, -0.25) is 0 Å². The second-order valence-electron chi connectivity index (χ2n) is 3.76. The van der Waals surface area contributed by atoms with Gasteiger partial charge in [-0.25, -0.2) is 4.79 Å². The third-order valence-electron chi connectivity index (χ3n) is 1.98. The van der Waals surface area contributed by atoms with Crippen molar-refractivity contribution in [1.82, 2.24) is 5.32 Å². The van der Waals surface area contributed by atoms with E-state index in [0.29, 0.717) is 0 Å². The Morgan fingerprint density at radius 1 is 1.47 bits per heavy atom. The summed E-state index contributed by atoms with van der Waals surface area (Å²) in [5.74, 6) is -0.430. The van der Waals surface area contributed by atoms with Crippen LogP contribution in [0, 0.1) is 0 Å². The Morgan fingerprint density at radius 3 is 2.74 bits per heavy atom. The van der Waals surface area contributed by atoms with E-state index in [1.54, 1.807) is 6.92 Å². The number of carbonyl (C=O) groups excluding carboxylic acids is 1. The molecule has 5 nitrogen and oxygen atoms in total. The molecular weight excluding hydrogens is 265 g/mol. The molecule has 0 saturated heterocycles. The number of hydrogen-bond donors (Lipinski definition) is 3. The van der Waals surface area contributed by atoms with Gasteiger partial charge in [-0.05, 0) is 19.1 Å². The average Bonchev–Trinajstić information content (AvgIpc) is 2.26. The van der Waals surface area contributed by atoms with Gasteiger partial charge in [0.15, 0.2) is 0 Å². The van der Waals surface area contributed by atoms with E-state index in [1.165, 1.54) is 12.1 Å². The van der Waals surface area contributed by atoms with Crippen molar-refractivity contribution in [2.75, 3.05) is 11.9 Å². The highest BCUT2D eigenvalue weighted by molar-refractivity contribution is 5.89. The van der Waals surface area contributed by atoms with E-state index in [1.807, 2.05) is 0 Å². The van der Waals surface area contributed by atoms with Gasteiger partial charge in [0, 0.05) is 11.8 Å². The van der Waals surface area contributed by atoms with Crippen LogP contribution in [-0.2, 0) is 0 Å². The van der Waals surface area contributed by atoms with E-state index < -0.39 is 24.2 Å². The number of rotatable bonds is 4. The molecule has 1 aromatic rings. The van der Waals surface area contributed by atoms with Crippen molar-refractivity contribution in [3.05, 3.63) is 24.3 Å². The van der Waals surface area contributed by atoms with Crippen molar-refractivity contribution in [1.29, 1.82) is 0 Å². The van der Waals surface area contributed by atoms with Crippen molar-refractivity contribution in [3.8, 4) is 5.75 Å². The van der Waals surface area contributed by atoms with Gasteiger partial charge in [0.05, 0.1) is 12.6 Å². The minimum Gasteiger partial charge on any atom is -0.406 e. The summed E-state index contributed by atoms with van der Waals surface area (Å²) in [6, 6.07) is 3.78. The number of anilines is 1. The maximum Gasteiger partial charge on any atom is 0.573 e. The van der Waals surface area contributed by atoms with Gasteiger partial charge >= 0.3 is 12.4 Å². The molecule has 0 spiro atoms. The van der Waals surface area contributed by atoms with Crippen molar-refractivity contribution in [2.45, 2.75) is 19.3 Å². The smallest absolute Gasteiger partial charge is 0.406 e. The number of carbonyl (C=O) groups is 1. The Balaban J connectivity index is 2.64. The van der Waals surface area contributed by atoms with Crippen LogP contribution in [0.4, 0.5) is 23.7 Å². The molecule has 106 valence electrons. The predicted molar refractivity (Wildman–Crippen MR) is 61.8 cm³/mol. The molecule has 0 aromatic heterocycles. The maximum atomic E-state index is 12.0. The molecule has 0 fully saturated rings. The van der Waals surface area contributed by atoms with Crippen LogP contribution in [0.3, 0.4) is 0 Å². The number of alkyl halides is 3. The van der Waals surface area contributed by atoms with Gasteiger partial charge in [0.2, 0.25) is 0 Å². The second kappa shape index (κ2) is 6.28. The first-order valence-electron chi connectivity index (χ1n) is 5.34. The first kappa shape index (κ1) is 15.1. The number of ether oxygens (including phenoxy) is 1. The molecule has 0 aliphatic heterocycles. The minimum atomic E-state index is -4.79. The summed E-state index contributed by atoms with van der Waals surface area (Å²) < 4.78 is 39.7. The summed E-state index contributed by atoms with van der Waals surface area (Å²) in [7, 11) is 0. The standard InChI is InChI=1S/C11H13F3N2O3/c1-7(6-17)15-10(18)16-8-3-2-4-9(5-8)19-11(12,13)14/h2-5,7,17H,6H2,1H3,(H2,15,16,18). The zero-order valence-corrected chi connectivity index (χ0v) is 9.99. The lowest BCUT2D eigenvalue weighted by Crippen LogP contribution is -2.38. The van der Waals surface area contributed by atoms with E-state index in [0.717, 1.165) is 12.1 Å². The second-order valence-corrected chi connectivity index (χ2v) is 3.76. The number of nitrogens with one attached hydrogen (secondary N) is 2. The molecule has 0 heterocycles. The summed E-state index contributed by atoms with van der Waals surface area (Å²) in [4.78, 5) is 11.4. The molecule has 0 aliphatic carbocycles. The molecule has 0 aliphatic rings. The largest absolute Gasteiger partial charge is 0.573 e. The molecule has 19 heavy (non-hydrogen) atoms. The SMILES string of the molecule is CC(CO)NC(=O)Nc1cccc(OC(F)(F)F)c1. The van der Waals surface area contributed by atoms with E-state index in [-0.39, 0.29) is 12.3 Å². The Labute approximate surface area is 107 Å². The fourth-order valence-electron chi connectivity index (χ4n) is 1.21. The number of aliphatic hydroxyl groups is 1. The third kappa shape index (κ3) is 5.96. The molecule has 0 radical (unpaired) electrons. The quantitative estimate of drug-likeness (QED) is 0.789. The molecular formula is C11H13F3N2O3. The van der Waals surface area contributed by atoms with Gasteiger partial charge in [-0.2, -0.15) is 0 Å². The van der Waals surface area contributed by atoms with Gasteiger partial charge in [-0.15, -0.1) is 13.2 Å². The number of halogens is 3. The highest BCUT2D eigenvalue weighted by Crippen LogP contribution is 2.24. The fraction of sp³-hybridized carbons (Fsp3) is 0.364. The van der Waals surface area contributed by atoms with Crippen LogP contribution in [0.1, 0.15) is 6.92 Å².